The van der Waals surface area contributed by atoms with Gasteiger partial charge in [0.15, 0.2) is 0 Å². The second kappa shape index (κ2) is 6.41. The first-order chi connectivity index (χ1) is 9.43. The van der Waals surface area contributed by atoms with Gasteiger partial charge in [-0.1, -0.05) is 0 Å². The van der Waals surface area contributed by atoms with E-state index in [4.69, 9.17) is 4.74 Å². The summed E-state index contributed by atoms with van der Waals surface area (Å²) in [5.74, 6) is 0.434. The fourth-order valence-electron chi connectivity index (χ4n) is 3.31. The van der Waals surface area contributed by atoms with Crippen LogP contribution in [0.4, 0.5) is 0 Å². The van der Waals surface area contributed by atoms with Crippen LogP contribution in [0, 0.1) is 5.92 Å². The molecule has 1 amide bonds. The molecule has 7 heteroatoms. The quantitative estimate of drug-likeness (QED) is 0.749. The van der Waals surface area contributed by atoms with E-state index in [-0.39, 0.29) is 17.9 Å². The van der Waals surface area contributed by atoms with Crippen LogP contribution in [0.3, 0.4) is 0 Å². The first kappa shape index (κ1) is 15.7. The summed E-state index contributed by atoms with van der Waals surface area (Å²) in [7, 11) is -1.50. The lowest BCUT2D eigenvalue weighted by atomic mass is 9.89. The van der Waals surface area contributed by atoms with E-state index in [1.807, 2.05) is 4.90 Å². The van der Waals surface area contributed by atoms with Crippen molar-refractivity contribution in [2.75, 3.05) is 39.6 Å². The van der Waals surface area contributed by atoms with E-state index < -0.39 is 10.0 Å². The van der Waals surface area contributed by atoms with Gasteiger partial charge in [0.2, 0.25) is 15.9 Å². The van der Waals surface area contributed by atoms with Gasteiger partial charge in [0.25, 0.3) is 0 Å². The molecule has 2 rings (SSSR count). The summed E-state index contributed by atoms with van der Waals surface area (Å²) in [5, 5.41) is 0. The standard InChI is InChI=1S/C13H24N2O4S/c1-19-9-8-15-12-6-7-14(20(2,17)18)10-11(12)4-3-5-13(15)16/h11-12H,3-10H2,1-2H3/t11-,12+/m0/s1. The maximum Gasteiger partial charge on any atom is 0.222 e. The van der Waals surface area contributed by atoms with Crippen LogP contribution in [0.25, 0.3) is 0 Å². The van der Waals surface area contributed by atoms with Gasteiger partial charge in [-0.3, -0.25) is 4.79 Å². The molecule has 2 fully saturated rings. The third kappa shape index (κ3) is 3.51. The molecule has 0 aromatic heterocycles. The molecule has 0 saturated carbocycles. The molecule has 20 heavy (non-hydrogen) atoms. The smallest absolute Gasteiger partial charge is 0.222 e. The molecular weight excluding hydrogens is 280 g/mol. The van der Waals surface area contributed by atoms with E-state index in [9.17, 15) is 13.2 Å². The molecule has 6 nitrogen and oxygen atoms in total. The minimum absolute atomic E-state index is 0.165. The van der Waals surface area contributed by atoms with Crippen molar-refractivity contribution < 1.29 is 17.9 Å². The van der Waals surface area contributed by atoms with E-state index >= 15 is 0 Å². The molecule has 0 bridgehead atoms. The number of likely N-dealkylation sites (tertiary alicyclic amines) is 1. The average Bonchev–Trinajstić information content (AvgIpc) is 2.53. The Morgan fingerprint density at radius 2 is 2.10 bits per heavy atom. The van der Waals surface area contributed by atoms with Crippen molar-refractivity contribution in [1.29, 1.82) is 0 Å². The molecular formula is C13H24N2O4S. The van der Waals surface area contributed by atoms with E-state index in [1.54, 1.807) is 11.4 Å². The maximum absolute atomic E-state index is 12.2. The Labute approximate surface area is 121 Å². The number of nitrogens with zero attached hydrogens (tertiary/aromatic N) is 2. The van der Waals surface area contributed by atoms with Gasteiger partial charge in [-0.05, 0) is 25.2 Å². The van der Waals surface area contributed by atoms with Crippen LogP contribution < -0.4 is 0 Å². The van der Waals surface area contributed by atoms with Crippen LogP contribution in [0.2, 0.25) is 0 Å². The minimum Gasteiger partial charge on any atom is -0.383 e. The zero-order valence-electron chi connectivity index (χ0n) is 12.2. The van der Waals surface area contributed by atoms with E-state index in [1.165, 1.54) is 6.26 Å². The summed E-state index contributed by atoms with van der Waals surface area (Å²) in [4.78, 5) is 14.1. The second-order valence-electron chi connectivity index (χ2n) is 5.71. The summed E-state index contributed by atoms with van der Waals surface area (Å²) >= 11 is 0. The van der Waals surface area contributed by atoms with Gasteiger partial charge >= 0.3 is 0 Å². The van der Waals surface area contributed by atoms with Crippen molar-refractivity contribution in [3.8, 4) is 0 Å². The van der Waals surface area contributed by atoms with E-state index in [0.717, 1.165) is 19.3 Å². The normalized spacial score (nSPS) is 29.1. The first-order valence-electron chi connectivity index (χ1n) is 7.17. The number of carbonyl (C=O) groups is 1. The van der Waals surface area contributed by atoms with E-state index in [0.29, 0.717) is 32.7 Å². The van der Waals surface area contributed by atoms with Crippen LogP contribution in [-0.4, -0.2) is 69.2 Å². The zero-order chi connectivity index (χ0) is 14.8. The van der Waals surface area contributed by atoms with Crippen molar-refractivity contribution in [3.05, 3.63) is 0 Å². The fraction of sp³-hybridized carbons (Fsp3) is 0.923. The highest BCUT2D eigenvalue weighted by molar-refractivity contribution is 7.88. The van der Waals surface area contributed by atoms with Gasteiger partial charge in [0.05, 0.1) is 12.9 Å². The number of sulfonamides is 1. The summed E-state index contributed by atoms with van der Waals surface area (Å²) < 4.78 is 30.0. The number of hydrogen-bond acceptors (Lipinski definition) is 4. The summed E-state index contributed by atoms with van der Waals surface area (Å²) in [6, 6.07) is 0.165. The topological polar surface area (TPSA) is 66.9 Å². The lowest BCUT2D eigenvalue weighted by Crippen LogP contribution is -2.53. The van der Waals surface area contributed by atoms with Crippen LogP contribution in [-0.2, 0) is 19.6 Å². The third-order valence-corrected chi connectivity index (χ3v) is 5.62. The van der Waals surface area contributed by atoms with Gasteiger partial charge in [-0.25, -0.2) is 12.7 Å². The Morgan fingerprint density at radius 3 is 2.75 bits per heavy atom. The van der Waals surface area contributed by atoms with E-state index in [2.05, 4.69) is 0 Å². The number of carbonyl (C=O) groups excluding carboxylic acids is 1. The summed E-state index contributed by atoms with van der Waals surface area (Å²) in [5.41, 5.74) is 0. The molecule has 0 radical (unpaired) electrons. The molecule has 2 aliphatic heterocycles. The zero-order valence-corrected chi connectivity index (χ0v) is 13.1. The number of rotatable bonds is 4. The first-order valence-corrected chi connectivity index (χ1v) is 9.02. The molecule has 0 spiro atoms. The summed E-state index contributed by atoms with van der Waals surface area (Å²) in [6.45, 7) is 2.19. The molecule has 2 atom stereocenters. The van der Waals surface area contributed by atoms with Crippen LogP contribution in [0.1, 0.15) is 25.7 Å². The van der Waals surface area contributed by atoms with Gasteiger partial charge in [0, 0.05) is 39.2 Å². The van der Waals surface area contributed by atoms with Crippen molar-refractivity contribution in [2.45, 2.75) is 31.7 Å². The molecule has 2 heterocycles. The molecule has 2 aliphatic rings. The van der Waals surface area contributed by atoms with Crippen molar-refractivity contribution in [2.24, 2.45) is 5.92 Å². The van der Waals surface area contributed by atoms with Crippen molar-refractivity contribution in [1.82, 2.24) is 9.21 Å². The van der Waals surface area contributed by atoms with Crippen molar-refractivity contribution in [3.63, 3.8) is 0 Å². The Balaban J connectivity index is 2.12. The lowest BCUT2D eigenvalue weighted by Gasteiger charge is -2.41. The van der Waals surface area contributed by atoms with Gasteiger partial charge in [0.1, 0.15) is 0 Å². The minimum atomic E-state index is -3.13. The molecule has 0 N–H and O–H groups in total. The number of hydrogen-bond donors (Lipinski definition) is 0. The Bertz CT molecular complexity index is 451. The molecule has 116 valence electrons. The molecule has 0 aromatic rings. The highest BCUT2D eigenvalue weighted by Crippen LogP contribution is 2.31. The summed E-state index contributed by atoms with van der Waals surface area (Å²) in [6.07, 6.45) is 4.33. The van der Waals surface area contributed by atoms with Gasteiger partial charge in [-0.2, -0.15) is 0 Å². The second-order valence-corrected chi connectivity index (χ2v) is 7.69. The highest BCUT2D eigenvalue weighted by Gasteiger charge is 2.39. The average molecular weight is 304 g/mol. The van der Waals surface area contributed by atoms with Gasteiger partial charge < -0.3 is 9.64 Å². The lowest BCUT2D eigenvalue weighted by molar-refractivity contribution is -0.135. The predicted molar refractivity (Wildman–Crippen MR) is 75.8 cm³/mol. The SMILES string of the molecule is COCCN1C(=O)CCC[C@H]2CN(S(C)(=O)=O)CC[C@H]21. The molecule has 0 unspecified atom stereocenters. The highest BCUT2D eigenvalue weighted by atomic mass is 32.2. The predicted octanol–water partition coefficient (Wildman–Crippen LogP) is 0.295. The Morgan fingerprint density at radius 1 is 1.35 bits per heavy atom. The Kier molecular flexibility index (Phi) is 5.04. The number of ether oxygens (including phenoxy) is 1. The van der Waals surface area contributed by atoms with Crippen LogP contribution in [0.5, 0.6) is 0 Å². The molecule has 0 aromatic carbocycles. The number of amides is 1. The van der Waals surface area contributed by atoms with Gasteiger partial charge in [-0.15, -0.1) is 0 Å². The number of fused-ring (bicyclic) bond motifs is 1. The van der Waals surface area contributed by atoms with Crippen LogP contribution in [0.15, 0.2) is 0 Å². The monoisotopic (exact) mass is 304 g/mol. The maximum atomic E-state index is 12.2. The Hall–Kier alpha value is -0.660. The van der Waals surface area contributed by atoms with Crippen molar-refractivity contribution >= 4 is 15.9 Å². The molecule has 2 saturated heterocycles. The largest absolute Gasteiger partial charge is 0.383 e. The molecule has 0 aliphatic carbocycles. The number of methoxy groups -OCH3 is 1. The third-order valence-electron chi connectivity index (χ3n) is 4.35. The number of piperidine rings is 1. The fourth-order valence-corrected chi connectivity index (χ4v) is 4.21. The van der Waals surface area contributed by atoms with Crippen LogP contribution >= 0.6 is 0 Å².